The maximum atomic E-state index is 12.9. The zero-order valence-electron chi connectivity index (χ0n) is 15.9. The fourth-order valence-electron chi connectivity index (χ4n) is 4.28. The van der Waals surface area contributed by atoms with Crippen molar-refractivity contribution in [3.05, 3.63) is 11.7 Å². The van der Waals surface area contributed by atoms with E-state index in [0.717, 1.165) is 45.1 Å². The van der Waals surface area contributed by atoms with Crippen LogP contribution in [0, 0.1) is 12.8 Å². The summed E-state index contributed by atoms with van der Waals surface area (Å²) in [5.74, 6) is 1.69. The largest absolute Gasteiger partial charge is 0.340 e. The van der Waals surface area contributed by atoms with Crippen LogP contribution >= 0.6 is 0 Å². The number of hydrogen-bond donors (Lipinski definition) is 0. The highest BCUT2D eigenvalue weighted by molar-refractivity contribution is 5.79. The zero-order chi connectivity index (χ0) is 18.5. The fourth-order valence-corrected chi connectivity index (χ4v) is 4.28. The number of amides is 2. The second-order valence-corrected chi connectivity index (χ2v) is 7.61. The van der Waals surface area contributed by atoms with Crippen molar-refractivity contribution in [3.63, 3.8) is 0 Å². The number of carbonyl (C=O) groups is 2. The summed E-state index contributed by atoms with van der Waals surface area (Å²) >= 11 is 0. The Morgan fingerprint density at radius 3 is 2.62 bits per heavy atom. The van der Waals surface area contributed by atoms with E-state index in [9.17, 15) is 9.59 Å². The van der Waals surface area contributed by atoms with Crippen molar-refractivity contribution in [2.24, 2.45) is 5.92 Å². The van der Waals surface area contributed by atoms with Crippen LogP contribution in [-0.4, -0.2) is 57.4 Å². The number of nitrogens with zero attached hydrogens (tertiary/aromatic N) is 4. The highest BCUT2D eigenvalue weighted by atomic mass is 16.5. The third-order valence-electron chi connectivity index (χ3n) is 5.65. The highest BCUT2D eigenvalue weighted by Gasteiger charge is 2.32. The van der Waals surface area contributed by atoms with Gasteiger partial charge in [-0.1, -0.05) is 24.4 Å². The second kappa shape index (κ2) is 8.64. The lowest BCUT2D eigenvalue weighted by atomic mass is 9.87. The maximum Gasteiger partial charge on any atom is 0.225 e. The van der Waals surface area contributed by atoms with Crippen LogP contribution < -0.4 is 0 Å². The number of carbonyl (C=O) groups excluding carboxylic acids is 2. The number of aryl methyl sites for hydroxylation is 1. The smallest absolute Gasteiger partial charge is 0.225 e. The molecule has 1 aromatic heterocycles. The van der Waals surface area contributed by atoms with Crippen molar-refractivity contribution in [1.82, 2.24) is 19.9 Å². The van der Waals surface area contributed by atoms with E-state index in [4.69, 9.17) is 4.52 Å². The van der Waals surface area contributed by atoms with Gasteiger partial charge in [0.15, 0.2) is 5.82 Å². The van der Waals surface area contributed by atoms with Crippen LogP contribution in [0.5, 0.6) is 0 Å². The molecule has 7 heteroatoms. The van der Waals surface area contributed by atoms with Gasteiger partial charge in [-0.15, -0.1) is 0 Å². The van der Waals surface area contributed by atoms with Crippen LogP contribution in [0.3, 0.4) is 0 Å². The van der Waals surface area contributed by atoms with Crippen molar-refractivity contribution < 1.29 is 14.1 Å². The molecule has 2 fully saturated rings. The Bertz CT molecular complexity index is 624. The highest BCUT2D eigenvalue weighted by Crippen LogP contribution is 2.27. The first-order valence-electron chi connectivity index (χ1n) is 9.90. The van der Waals surface area contributed by atoms with E-state index in [0.29, 0.717) is 37.1 Å². The molecule has 1 aliphatic carbocycles. The Hall–Kier alpha value is -1.92. The Kier molecular flexibility index (Phi) is 6.27. The number of hydrogen-bond acceptors (Lipinski definition) is 5. The number of aromatic nitrogens is 2. The third kappa shape index (κ3) is 4.62. The predicted molar refractivity (Wildman–Crippen MR) is 96.3 cm³/mol. The lowest BCUT2D eigenvalue weighted by Crippen LogP contribution is -2.53. The van der Waals surface area contributed by atoms with Crippen molar-refractivity contribution in [3.8, 4) is 0 Å². The summed E-state index contributed by atoms with van der Waals surface area (Å²) in [7, 11) is 0. The summed E-state index contributed by atoms with van der Waals surface area (Å²) < 4.78 is 5.00. The van der Waals surface area contributed by atoms with Crippen molar-refractivity contribution in [1.29, 1.82) is 0 Å². The van der Waals surface area contributed by atoms with Gasteiger partial charge in [-0.3, -0.25) is 9.59 Å². The molecule has 26 heavy (non-hydrogen) atoms. The summed E-state index contributed by atoms with van der Waals surface area (Å²) in [6, 6.07) is 0.0850. The first kappa shape index (κ1) is 18.9. The molecule has 2 heterocycles. The van der Waals surface area contributed by atoms with Crippen molar-refractivity contribution >= 4 is 11.8 Å². The van der Waals surface area contributed by atoms with E-state index in [-0.39, 0.29) is 17.9 Å². The first-order valence-corrected chi connectivity index (χ1v) is 9.90. The third-order valence-corrected chi connectivity index (χ3v) is 5.65. The summed E-state index contributed by atoms with van der Waals surface area (Å²) in [5, 5.41) is 3.91. The van der Waals surface area contributed by atoms with E-state index < -0.39 is 0 Å². The Morgan fingerprint density at radius 2 is 1.96 bits per heavy atom. The van der Waals surface area contributed by atoms with Crippen LogP contribution in [-0.2, 0) is 16.0 Å². The SMILES string of the molecule is CC(=O)N(CCc1noc(C)n1)C1CCCN(C(=O)C2CCCCC2)C1. The molecule has 1 aromatic rings. The van der Waals surface area contributed by atoms with Gasteiger partial charge < -0.3 is 14.3 Å². The number of piperidine rings is 1. The van der Waals surface area contributed by atoms with E-state index in [1.54, 1.807) is 13.8 Å². The van der Waals surface area contributed by atoms with E-state index in [1.165, 1.54) is 6.42 Å². The van der Waals surface area contributed by atoms with Gasteiger partial charge in [0.2, 0.25) is 17.7 Å². The van der Waals surface area contributed by atoms with Crippen LogP contribution in [0.1, 0.15) is 63.6 Å². The normalized spacial score (nSPS) is 21.6. The summed E-state index contributed by atoms with van der Waals surface area (Å²) in [6.45, 7) is 5.39. The van der Waals surface area contributed by atoms with E-state index in [2.05, 4.69) is 10.1 Å². The molecule has 0 bridgehead atoms. The summed E-state index contributed by atoms with van der Waals surface area (Å²) in [4.78, 5) is 33.2. The van der Waals surface area contributed by atoms with Gasteiger partial charge in [-0.25, -0.2) is 0 Å². The summed E-state index contributed by atoms with van der Waals surface area (Å²) in [6.07, 6.45) is 8.09. The molecule has 0 radical (unpaired) electrons. The molecule has 1 unspecified atom stereocenters. The van der Waals surface area contributed by atoms with Gasteiger partial charge in [0.25, 0.3) is 0 Å². The lowest BCUT2D eigenvalue weighted by Gasteiger charge is -2.40. The molecule has 144 valence electrons. The molecule has 1 atom stereocenters. The Balaban J connectivity index is 1.59. The average molecular weight is 362 g/mol. The zero-order valence-corrected chi connectivity index (χ0v) is 15.9. The minimum Gasteiger partial charge on any atom is -0.340 e. The molecule has 0 spiro atoms. The van der Waals surface area contributed by atoms with Gasteiger partial charge >= 0.3 is 0 Å². The Labute approximate surface area is 155 Å². The van der Waals surface area contributed by atoms with Crippen molar-refractivity contribution in [2.45, 2.75) is 71.3 Å². The molecule has 1 saturated heterocycles. The monoisotopic (exact) mass is 362 g/mol. The minimum atomic E-state index is 0.0437. The van der Waals surface area contributed by atoms with Gasteiger partial charge in [0.1, 0.15) is 0 Å². The van der Waals surface area contributed by atoms with E-state index in [1.807, 2.05) is 9.80 Å². The molecule has 0 aromatic carbocycles. The predicted octanol–water partition coefficient (Wildman–Crippen LogP) is 2.34. The lowest BCUT2D eigenvalue weighted by molar-refractivity contribution is -0.142. The van der Waals surface area contributed by atoms with Crippen molar-refractivity contribution in [2.75, 3.05) is 19.6 Å². The molecular formula is C19H30N4O3. The molecule has 2 aliphatic rings. The fraction of sp³-hybridized carbons (Fsp3) is 0.789. The first-order chi connectivity index (χ1) is 12.5. The van der Waals surface area contributed by atoms with Crippen LogP contribution in [0.25, 0.3) is 0 Å². The molecule has 7 nitrogen and oxygen atoms in total. The van der Waals surface area contributed by atoms with E-state index >= 15 is 0 Å². The molecule has 0 N–H and O–H groups in total. The summed E-state index contributed by atoms with van der Waals surface area (Å²) in [5.41, 5.74) is 0. The molecular weight excluding hydrogens is 332 g/mol. The number of likely N-dealkylation sites (tertiary alicyclic amines) is 1. The topological polar surface area (TPSA) is 79.5 Å². The maximum absolute atomic E-state index is 12.9. The van der Waals surface area contributed by atoms with Gasteiger partial charge in [0, 0.05) is 51.9 Å². The molecule has 1 aliphatic heterocycles. The standard InChI is InChI=1S/C19H30N4O3/c1-14-20-18(21-26-14)10-12-23(15(2)24)17-9-6-11-22(13-17)19(25)16-7-4-3-5-8-16/h16-17H,3-13H2,1-2H3. The molecule has 3 rings (SSSR count). The van der Waals surface area contributed by atoms with Gasteiger partial charge in [-0.2, -0.15) is 4.98 Å². The van der Waals surface area contributed by atoms with Crippen LogP contribution in [0.15, 0.2) is 4.52 Å². The average Bonchev–Trinajstić information content (AvgIpc) is 3.07. The van der Waals surface area contributed by atoms with Gasteiger partial charge in [-0.05, 0) is 25.7 Å². The molecule has 2 amide bonds. The number of rotatable bonds is 5. The second-order valence-electron chi connectivity index (χ2n) is 7.61. The van der Waals surface area contributed by atoms with Crippen LogP contribution in [0.4, 0.5) is 0 Å². The quantitative estimate of drug-likeness (QED) is 0.803. The Morgan fingerprint density at radius 1 is 1.19 bits per heavy atom. The van der Waals surface area contributed by atoms with Gasteiger partial charge in [0.05, 0.1) is 0 Å². The molecule has 1 saturated carbocycles. The van der Waals surface area contributed by atoms with Crippen LogP contribution in [0.2, 0.25) is 0 Å². The minimum absolute atomic E-state index is 0.0437.